The van der Waals surface area contributed by atoms with Crippen LogP contribution in [0.15, 0.2) is 77.7 Å². The van der Waals surface area contributed by atoms with E-state index in [1.807, 2.05) is 51.1 Å². The Bertz CT molecular complexity index is 1490. The normalized spacial score (nSPS) is 14.3. The van der Waals surface area contributed by atoms with Crippen molar-refractivity contribution in [2.75, 3.05) is 18.0 Å². The third-order valence-electron chi connectivity index (χ3n) is 8.03. The second-order valence-corrected chi connectivity index (χ2v) is 12.7. The van der Waals surface area contributed by atoms with Crippen molar-refractivity contribution in [2.24, 2.45) is 0 Å². The Kier molecular flexibility index (Phi) is 10.3. The van der Waals surface area contributed by atoms with Gasteiger partial charge in [0.25, 0.3) is 10.0 Å². The summed E-state index contributed by atoms with van der Waals surface area (Å²) in [6, 6.07) is 20.2. The maximum Gasteiger partial charge on any atom is 0.264 e. The number of hydrogen-bond donors (Lipinski definition) is 1. The molecule has 2 amide bonds. The van der Waals surface area contributed by atoms with E-state index in [-0.39, 0.29) is 23.4 Å². The topological polar surface area (TPSA) is 96.0 Å². The van der Waals surface area contributed by atoms with Crippen LogP contribution in [0.5, 0.6) is 5.75 Å². The Balaban J connectivity index is 1.74. The highest BCUT2D eigenvalue weighted by Crippen LogP contribution is 2.29. The van der Waals surface area contributed by atoms with Crippen LogP contribution >= 0.6 is 0 Å². The Morgan fingerprint density at radius 1 is 0.976 bits per heavy atom. The molecular weight excluding hydrogens is 550 g/mol. The number of methoxy groups -OCH3 is 1. The lowest BCUT2D eigenvalue weighted by Gasteiger charge is -2.34. The maximum atomic E-state index is 14.3. The second kappa shape index (κ2) is 13.9. The molecule has 0 saturated heterocycles. The maximum absolute atomic E-state index is 14.3. The summed E-state index contributed by atoms with van der Waals surface area (Å²) >= 11 is 0. The minimum atomic E-state index is -4.11. The van der Waals surface area contributed by atoms with Crippen LogP contribution in [0.4, 0.5) is 5.69 Å². The molecule has 1 aliphatic rings. The van der Waals surface area contributed by atoms with E-state index in [1.54, 1.807) is 37.4 Å². The summed E-state index contributed by atoms with van der Waals surface area (Å²) in [5.41, 5.74) is 2.87. The van der Waals surface area contributed by atoms with E-state index in [0.717, 1.165) is 42.4 Å². The molecule has 0 unspecified atom stereocenters. The van der Waals surface area contributed by atoms with Gasteiger partial charge in [0.2, 0.25) is 11.8 Å². The predicted molar refractivity (Wildman–Crippen MR) is 165 cm³/mol. The van der Waals surface area contributed by atoms with E-state index < -0.39 is 28.5 Å². The molecule has 1 N–H and O–H groups in total. The highest BCUT2D eigenvalue weighted by molar-refractivity contribution is 7.92. The number of ether oxygens (including phenoxy) is 1. The molecule has 224 valence electrons. The van der Waals surface area contributed by atoms with E-state index in [4.69, 9.17) is 4.74 Å². The number of rotatable bonds is 12. The number of anilines is 1. The molecular formula is C33H41N3O5S. The fraction of sp³-hybridized carbons (Fsp3) is 0.394. The van der Waals surface area contributed by atoms with Crippen molar-refractivity contribution in [1.29, 1.82) is 0 Å². The Hall–Kier alpha value is -3.85. The van der Waals surface area contributed by atoms with Gasteiger partial charge in [-0.15, -0.1) is 0 Å². The van der Waals surface area contributed by atoms with Crippen molar-refractivity contribution < 1.29 is 22.7 Å². The number of carbonyl (C=O) groups excluding carboxylic acids is 2. The van der Waals surface area contributed by atoms with Gasteiger partial charge in [0.05, 0.1) is 17.7 Å². The zero-order valence-electron chi connectivity index (χ0n) is 24.9. The highest BCUT2D eigenvalue weighted by Gasteiger charge is 2.35. The zero-order chi connectivity index (χ0) is 30.3. The Morgan fingerprint density at radius 3 is 2.33 bits per heavy atom. The lowest BCUT2D eigenvalue weighted by atomic mass is 10.1. The molecule has 1 atom stereocenters. The van der Waals surface area contributed by atoms with Crippen LogP contribution in [0.25, 0.3) is 0 Å². The van der Waals surface area contributed by atoms with E-state index >= 15 is 0 Å². The molecule has 0 bridgehead atoms. The number of nitrogens with zero attached hydrogens (tertiary/aromatic N) is 2. The quantitative estimate of drug-likeness (QED) is 0.305. The predicted octanol–water partition coefficient (Wildman–Crippen LogP) is 5.37. The van der Waals surface area contributed by atoms with Crippen molar-refractivity contribution in [3.8, 4) is 5.75 Å². The molecule has 0 radical (unpaired) electrons. The van der Waals surface area contributed by atoms with Gasteiger partial charge in [-0.1, -0.05) is 62.2 Å². The first-order valence-corrected chi connectivity index (χ1v) is 16.0. The number of amides is 2. The summed E-state index contributed by atoms with van der Waals surface area (Å²) in [7, 11) is -2.54. The standard InChI is InChI=1S/C33H41N3O5S/c1-5-30(33(38)34-27-15-9-10-16-27)35(22-26-14-12-17-28(21-26)41-4)32(37)23-36(31-20-11-13-24(2)25(31)3)42(39,40)29-18-7-6-8-19-29/h6-8,11-14,17-21,27,30H,5,9-10,15-16,22-23H2,1-4H3,(H,34,38)/t30-/m1/s1. The van der Waals surface area contributed by atoms with Crippen LogP contribution in [0.3, 0.4) is 0 Å². The lowest BCUT2D eigenvalue weighted by molar-refractivity contribution is -0.140. The van der Waals surface area contributed by atoms with Gasteiger partial charge in [-0.2, -0.15) is 0 Å². The van der Waals surface area contributed by atoms with Gasteiger partial charge < -0.3 is 15.0 Å². The van der Waals surface area contributed by atoms with E-state index in [9.17, 15) is 18.0 Å². The van der Waals surface area contributed by atoms with Gasteiger partial charge in [0.1, 0.15) is 18.3 Å². The molecule has 0 spiro atoms. The molecule has 42 heavy (non-hydrogen) atoms. The van der Waals surface area contributed by atoms with Gasteiger partial charge in [-0.25, -0.2) is 8.42 Å². The van der Waals surface area contributed by atoms with Crippen LogP contribution in [0, 0.1) is 13.8 Å². The summed E-state index contributed by atoms with van der Waals surface area (Å²) in [5, 5.41) is 3.14. The van der Waals surface area contributed by atoms with Crippen LogP contribution in [-0.4, -0.2) is 50.9 Å². The van der Waals surface area contributed by atoms with Crippen molar-refractivity contribution in [2.45, 2.75) is 76.4 Å². The van der Waals surface area contributed by atoms with Gasteiger partial charge in [-0.3, -0.25) is 13.9 Å². The molecule has 8 nitrogen and oxygen atoms in total. The first-order valence-electron chi connectivity index (χ1n) is 14.5. The fourth-order valence-corrected chi connectivity index (χ4v) is 6.99. The third-order valence-corrected chi connectivity index (χ3v) is 9.80. The first kappa shape index (κ1) is 31.1. The number of carbonyl (C=O) groups is 2. The summed E-state index contributed by atoms with van der Waals surface area (Å²) < 4.78 is 34.7. The molecule has 1 saturated carbocycles. The third kappa shape index (κ3) is 7.13. The van der Waals surface area contributed by atoms with E-state index in [2.05, 4.69) is 5.32 Å². The molecule has 1 aliphatic carbocycles. The van der Waals surface area contributed by atoms with Gasteiger partial charge in [0, 0.05) is 12.6 Å². The molecule has 0 aliphatic heterocycles. The van der Waals surface area contributed by atoms with E-state index in [1.165, 1.54) is 21.3 Å². The summed E-state index contributed by atoms with van der Waals surface area (Å²) in [5.74, 6) is -0.0523. The van der Waals surface area contributed by atoms with Crippen LogP contribution in [0.2, 0.25) is 0 Å². The number of sulfonamides is 1. The minimum absolute atomic E-state index is 0.0871. The average molecular weight is 592 g/mol. The summed E-state index contributed by atoms with van der Waals surface area (Å²) in [6.45, 7) is 5.29. The molecule has 0 heterocycles. The first-order chi connectivity index (χ1) is 20.1. The van der Waals surface area contributed by atoms with E-state index in [0.29, 0.717) is 17.9 Å². The lowest BCUT2D eigenvalue weighted by Crippen LogP contribution is -2.53. The minimum Gasteiger partial charge on any atom is -0.497 e. The van der Waals surface area contributed by atoms with Crippen molar-refractivity contribution >= 4 is 27.5 Å². The monoisotopic (exact) mass is 591 g/mol. The van der Waals surface area contributed by atoms with Gasteiger partial charge >= 0.3 is 0 Å². The van der Waals surface area contributed by atoms with Crippen LogP contribution in [-0.2, 0) is 26.2 Å². The largest absolute Gasteiger partial charge is 0.497 e. The average Bonchev–Trinajstić information content (AvgIpc) is 3.51. The number of aryl methyl sites for hydroxylation is 1. The highest BCUT2D eigenvalue weighted by atomic mass is 32.2. The summed E-state index contributed by atoms with van der Waals surface area (Å²) in [4.78, 5) is 29.5. The Labute approximate surface area is 249 Å². The van der Waals surface area contributed by atoms with Gasteiger partial charge in [0.15, 0.2) is 0 Å². The van der Waals surface area contributed by atoms with Crippen molar-refractivity contribution in [1.82, 2.24) is 10.2 Å². The number of hydrogen-bond acceptors (Lipinski definition) is 5. The number of benzene rings is 3. The molecule has 0 aromatic heterocycles. The summed E-state index contributed by atoms with van der Waals surface area (Å²) in [6.07, 6.45) is 4.35. The molecule has 3 aromatic carbocycles. The van der Waals surface area contributed by atoms with Crippen molar-refractivity contribution in [3.05, 3.63) is 89.5 Å². The van der Waals surface area contributed by atoms with Crippen LogP contribution < -0.4 is 14.4 Å². The number of nitrogens with one attached hydrogen (secondary N) is 1. The smallest absolute Gasteiger partial charge is 0.264 e. The molecule has 4 rings (SSSR count). The molecule has 1 fully saturated rings. The Morgan fingerprint density at radius 2 is 1.67 bits per heavy atom. The zero-order valence-corrected chi connectivity index (χ0v) is 25.7. The SMILES string of the molecule is CC[C@H](C(=O)NC1CCCC1)N(Cc1cccc(OC)c1)C(=O)CN(c1cccc(C)c1C)S(=O)(=O)c1ccccc1. The van der Waals surface area contributed by atoms with Crippen molar-refractivity contribution in [3.63, 3.8) is 0 Å². The second-order valence-electron chi connectivity index (χ2n) is 10.8. The molecule has 3 aromatic rings. The van der Waals surface area contributed by atoms with Gasteiger partial charge in [-0.05, 0) is 80.1 Å². The molecule has 9 heteroatoms. The fourth-order valence-electron chi connectivity index (χ4n) is 5.49. The van der Waals surface area contributed by atoms with Crippen LogP contribution in [0.1, 0.15) is 55.7 Å².